The number of ether oxygens (including phenoxy) is 3. The topological polar surface area (TPSA) is 73.9 Å². The van der Waals surface area contributed by atoms with Gasteiger partial charge in [-0.05, 0) is 49.9 Å². The summed E-state index contributed by atoms with van der Waals surface area (Å²) >= 11 is 0. The van der Waals surface area contributed by atoms with Crippen molar-refractivity contribution in [1.29, 1.82) is 0 Å². The molecule has 0 bridgehead atoms. The molecule has 1 aromatic rings. The highest BCUT2D eigenvalue weighted by molar-refractivity contribution is 7.89. The number of sulfonamides is 1. The van der Waals surface area contributed by atoms with Gasteiger partial charge in [0.2, 0.25) is 10.0 Å². The van der Waals surface area contributed by atoms with Crippen molar-refractivity contribution in [2.24, 2.45) is 0 Å². The van der Waals surface area contributed by atoms with Gasteiger partial charge in [0.1, 0.15) is 10.6 Å². The van der Waals surface area contributed by atoms with Crippen LogP contribution < -0.4 is 9.46 Å². The lowest BCUT2D eigenvalue weighted by Crippen LogP contribution is -2.35. The van der Waals surface area contributed by atoms with Crippen molar-refractivity contribution in [2.45, 2.75) is 56.3 Å². The second kappa shape index (κ2) is 6.63. The van der Waals surface area contributed by atoms with E-state index < -0.39 is 15.8 Å². The van der Waals surface area contributed by atoms with E-state index >= 15 is 0 Å². The quantitative estimate of drug-likeness (QED) is 0.877. The number of benzene rings is 1. The minimum Gasteiger partial charge on any atom is -0.495 e. The van der Waals surface area contributed by atoms with Gasteiger partial charge in [0.15, 0.2) is 5.79 Å². The van der Waals surface area contributed by atoms with Gasteiger partial charge in [0, 0.05) is 19.4 Å². The Morgan fingerprint density at radius 1 is 1.25 bits per heavy atom. The van der Waals surface area contributed by atoms with Crippen LogP contribution in [0.1, 0.15) is 36.8 Å². The fourth-order valence-corrected chi connectivity index (χ4v) is 4.61. The Bertz CT molecular complexity index is 710. The third kappa shape index (κ3) is 3.44. The van der Waals surface area contributed by atoms with Crippen LogP contribution in [0.5, 0.6) is 5.75 Å². The van der Waals surface area contributed by atoms with Crippen LogP contribution in [0.15, 0.2) is 17.0 Å². The smallest absolute Gasteiger partial charge is 0.244 e. The van der Waals surface area contributed by atoms with E-state index in [9.17, 15) is 8.42 Å². The zero-order valence-electron chi connectivity index (χ0n) is 14.4. The molecule has 1 atom stereocenters. The van der Waals surface area contributed by atoms with Gasteiger partial charge in [-0.1, -0.05) is 0 Å². The summed E-state index contributed by atoms with van der Waals surface area (Å²) in [4.78, 5) is 0.155. The molecule has 7 heteroatoms. The molecule has 1 aromatic carbocycles. The van der Waals surface area contributed by atoms with Gasteiger partial charge in [-0.3, -0.25) is 0 Å². The van der Waals surface area contributed by atoms with Crippen molar-refractivity contribution in [3.05, 3.63) is 23.3 Å². The summed E-state index contributed by atoms with van der Waals surface area (Å²) in [5, 5.41) is 0. The second-order valence-corrected chi connectivity index (χ2v) is 8.34. The Balaban J connectivity index is 1.70. The molecule has 1 saturated heterocycles. The third-order valence-corrected chi connectivity index (χ3v) is 6.29. The summed E-state index contributed by atoms with van der Waals surface area (Å²) in [7, 11) is -2.20. The van der Waals surface area contributed by atoms with Crippen LogP contribution in [0, 0.1) is 13.8 Å². The predicted molar refractivity (Wildman–Crippen MR) is 89.7 cm³/mol. The van der Waals surface area contributed by atoms with E-state index in [4.69, 9.17) is 14.2 Å². The zero-order valence-corrected chi connectivity index (χ0v) is 15.2. The van der Waals surface area contributed by atoms with E-state index in [1.807, 2.05) is 13.8 Å². The van der Waals surface area contributed by atoms with Crippen molar-refractivity contribution in [1.82, 2.24) is 4.72 Å². The molecule has 24 heavy (non-hydrogen) atoms. The summed E-state index contributed by atoms with van der Waals surface area (Å²) in [6.45, 7) is 4.42. The lowest BCUT2D eigenvalue weighted by Gasteiger charge is -2.22. The minimum atomic E-state index is -3.68. The van der Waals surface area contributed by atoms with Crippen molar-refractivity contribution in [3.8, 4) is 5.75 Å². The summed E-state index contributed by atoms with van der Waals surface area (Å²) in [6, 6.07) is 3.38. The van der Waals surface area contributed by atoms with Gasteiger partial charge < -0.3 is 14.2 Å². The van der Waals surface area contributed by atoms with E-state index in [0.29, 0.717) is 12.4 Å². The molecule has 134 valence electrons. The highest BCUT2D eigenvalue weighted by Gasteiger charge is 2.43. The molecule has 1 aliphatic heterocycles. The first-order chi connectivity index (χ1) is 11.4. The standard InChI is InChI=1S/C17H25NO5S/c1-12-8-15(21-3)16(9-13(12)2)24(19,20)18-10-14-11-22-17(23-14)6-4-5-7-17/h8-9,14,18H,4-7,10-11H2,1-3H3/t14-/m0/s1. The van der Waals surface area contributed by atoms with Crippen molar-refractivity contribution in [2.75, 3.05) is 20.3 Å². The molecule has 1 spiro atoms. The highest BCUT2D eigenvalue weighted by atomic mass is 32.2. The maximum atomic E-state index is 12.7. The van der Waals surface area contributed by atoms with E-state index in [-0.39, 0.29) is 17.5 Å². The molecule has 1 saturated carbocycles. The Labute approximate surface area is 143 Å². The maximum Gasteiger partial charge on any atom is 0.244 e. The van der Waals surface area contributed by atoms with Crippen LogP contribution in [0.25, 0.3) is 0 Å². The first-order valence-electron chi connectivity index (χ1n) is 8.32. The van der Waals surface area contributed by atoms with Crippen LogP contribution in [0.3, 0.4) is 0 Å². The summed E-state index contributed by atoms with van der Waals surface area (Å²) < 4.78 is 44.9. The van der Waals surface area contributed by atoms with Gasteiger partial charge in [0.05, 0.1) is 19.8 Å². The number of rotatable bonds is 5. The number of methoxy groups -OCH3 is 1. The van der Waals surface area contributed by atoms with E-state index in [1.54, 1.807) is 12.1 Å². The Hall–Kier alpha value is -1.15. The van der Waals surface area contributed by atoms with Gasteiger partial charge in [-0.25, -0.2) is 13.1 Å². The highest BCUT2D eigenvalue weighted by Crippen LogP contribution is 2.39. The fraction of sp³-hybridized carbons (Fsp3) is 0.647. The summed E-state index contributed by atoms with van der Waals surface area (Å²) in [5.74, 6) is -0.129. The monoisotopic (exact) mass is 355 g/mol. The molecule has 2 fully saturated rings. The van der Waals surface area contributed by atoms with E-state index in [2.05, 4.69) is 4.72 Å². The molecular formula is C17H25NO5S. The zero-order chi connectivity index (χ0) is 17.4. The SMILES string of the molecule is COc1cc(C)c(C)cc1S(=O)(=O)NC[C@H]1COC2(CCCC2)O1. The van der Waals surface area contributed by atoms with Crippen LogP contribution >= 0.6 is 0 Å². The predicted octanol–water partition coefficient (Wildman–Crippen LogP) is 2.28. The van der Waals surface area contributed by atoms with Crippen LogP contribution in [-0.2, 0) is 19.5 Å². The number of hydrogen-bond donors (Lipinski definition) is 1. The van der Waals surface area contributed by atoms with E-state index in [1.165, 1.54) is 7.11 Å². The van der Waals surface area contributed by atoms with Crippen molar-refractivity contribution in [3.63, 3.8) is 0 Å². The van der Waals surface area contributed by atoms with E-state index in [0.717, 1.165) is 36.8 Å². The Morgan fingerprint density at radius 2 is 1.92 bits per heavy atom. The molecule has 6 nitrogen and oxygen atoms in total. The molecule has 3 rings (SSSR count). The molecule has 1 heterocycles. The minimum absolute atomic E-state index is 0.155. The molecule has 1 N–H and O–H groups in total. The molecule has 2 aliphatic rings. The largest absolute Gasteiger partial charge is 0.495 e. The number of hydrogen-bond acceptors (Lipinski definition) is 5. The second-order valence-electron chi connectivity index (χ2n) is 6.61. The Morgan fingerprint density at radius 3 is 2.58 bits per heavy atom. The lowest BCUT2D eigenvalue weighted by molar-refractivity contribution is -0.160. The van der Waals surface area contributed by atoms with Gasteiger partial charge in [-0.15, -0.1) is 0 Å². The molecule has 0 radical (unpaired) electrons. The van der Waals surface area contributed by atoms with Crippen molar-refractivity contribution >= 4 is 10.0 Å². The van der Waals surface area contributed by atoms with Gasteiger partial charge >= 0.3 is 0 Å². The van der Waals surface area contributed by atoms with Crippen LogP contribution in [0.2, 0.25) is 0 Å². The average molecular weight is 355 g/mol. The molecule has 0 unspecified atom stereocenters. The normalized spacial score (nSPS) is 23.0. The maximum absolute atomic E-state index is 12.7. The number of nitrogens with one attached hydrogen (secondary N) is 1. The molecule has 0 aromatic heterocycles. The molecule has 1 aliphatic carbocycles. The average Bonchev–Trinajstić information content (AvgIpc) is 3.18. The first-order valence-corrected chi connectivity index (χ1v) is 9.80. The lowest BCUT2D eigenvalue weighted by atomic mass is 10.1. The van der Waals surface area contributed by atoms with Gasteiger partial charge in [-0.2, -0.15) is 0 Å². The summed E-state index contributed by atoms with van der Waals surface area (Å²) in [5.41, 5.74) is 1.89. The molecule has 0 amide bonds. The summed E-state index contributed by atoms with van der Waals surface area (Å²) in [6.07, 6.45) is 3.72. The Kier molecular flexibility index (Phi) is 4.88. The molecular weight excluding hydrogens is 330 g/mol. The van der Waals surface area contributed by atoms with Crippen molar-refractivity contribution < 1.29 is 22.6 Å². The van der Waals surface area contributed by atoms with Crippen LogP contribution in [-0.4, -0.2) is 40.6 Å². The first kappa shape index (κ1) is 17.7. The number of aryl methyl sites for hydroxylation is 2. The third-order valence-electron chi connectivity index (χ3n) is 4.85. The van der Waals surface area contributed by atoms with Crippen LogP contribution in [0.4, 0.5) is 0 Å². The fourth-order valence-electron chi connectivity index (χ4n) is 3.31. The van der Waals surface area contributed by atoms with Gasteiger partial charge in [0.25, 0.3) is 0 Å².